The van der Waals surface area contributed by atoms with Gasteiger partial charge in [0.05, 0.1) is 0 Å². The van der Waals surface area contributed by atoms with E-state index in [0.717, 1.165) is 9.80 Å². The minimum atomic E-state index is -0.152. The summed E-state index contributed by atoms with van der Waals surface area (Å²) in [7, 11) is 0. The first-order chi connectivity index (χ1) is 5.56. The topological polar surface area (TPSA) is 0 Å². The summed E-state index contributed by atoms with van der Waals surface area (Å²) in [6.07, 6.45) is 0. The van der Waals surface area contributed by atoms with Crippen LogP contribution in [0, 0.1) is 0 Å². The SMILES string of the molecule is BrCC(Br)(Br)c1ccc(Br)cc1. The summed E-state index contributed by atoms with van der Waals surface area (Å²) in [6, 6.07) is 8.17. The smallest absolute Gasteiger partial charge is 0.0900 e. The second-order valence-corrected chi connectivity index (χ2v) is 7.59. The van der Waals surface area contributed by atoms with Gasteiger partial charge in [-0.15, -0.1) is 0 Å². The molecular formula is C8H6Br4. The molecule has 0 saturated heterocycles. The summed E-state index contributed by atoms with van der Waals surface area (Å²) in [5.41, 5.74) is 1.20. The van der Waals surface area contributed by atoms with Crippen molar-refractivity contribution in [3.8, 4) is 0 Å². The van der Waals surface area contributed by atoms with Gasteiger partial charge in [0, 0.05) is 9.80 Å². The molecule has 0 unspecified atom stereocenters. The van der Waals surface area contributed by atoms with Gasteiger partial charge in [0.1, 0.15) is 3.23 Å². The van der Waals surface area contributed by atoms with Crippen LogP contribution in [0.2, 0.25) is 0 Å². The highest BCUT2D eigenvalue weighted by Gasteiger charge is 2.23. The summed E-state index contributed by atoms with van der Waals surface area (Å²) in [4.78, 5) is 0. The van der Waals surface area contributed by atoms with Gasteiger partial charge in [0.15, 0.2) is 0 Å². The van der Waals surface area contributed by atoms with Crippen molar-refractivity contribution in [3.05, 3.63) is 34.3 Å². The van der Waals surface area contributed by atoms with Gasteiger partial charge in [-0.3, -0.25) is 0 Å². The molecule has 0 aliphatic heterocycles. The van der Waals surface area contributed by atoms with Crippen LogP contribution in [-0.4, -0.2) is 5.33 Å². The average Bonchev–Trinajstić information content (AvgIpc) is 2.05. The van der Waals surface area contributed by atoms with E-state index >= 15 is 0 Å². The number of alkyl halides is 3. The van der Waals surface area contributed by atoms with Crippen molar-refractivity contribution < 1.29 is 0 Å². The highest BCUT2D eigenvalue weighted by Crippen LogP contribution is 2.39. The zero-order valence-electron chi connectivity index (χ0n) is 6.03. The third-order valence-corrected chi connectivity index (χ3v) is 5.79. The lowest BCUT2D eigenvalue weighted by molar-refractivity contribution is 1.09. The largest absolute Gasteiger partial charge is 0.115 e. The van der Waals surface area contributed by atoms with Crippen molar-refractivity contribution in [1.29, 1.82) is 0 Å². The Morgan fingerprint density at radius 2 is 1.58 bits per heavy atom. The van der Waals surface area contributed by atoms with E-state index in [2.05, 4.69) is 75.9 Å². The first-order valence-electron chi connectivity index (χ1n) is 3.26. The Morgan fingerprint density at radius 1 is 1.08 bits per heavy atom. The molecule has 0 heterocycles. The van der Waals surface area contributed by atoms with Gasteiger partial charge in [0.25, 0.3) is 0 Å². The van der Waals surface area contributed by atoms with Gasteiger partial charge < -0.3 is 0 Å². The molecule has 0 aliphatic rings. The molecule has 0 atom stereocenters. The third-order valence-electron chi connectivity index (χ3n) is 1.43. The molecule has 0 radical (unpaired) electrons. The van der Waals surface area contributed by atoms with Crippen LogP contribution >= 0.6 is 63.7 Å². The summed E-state index contributed by atoms with van der Waals surface area (Å²) < 4.78 is 0.942. The fraction of sp³-hybridized carbons (Fsp3) is 0.250. The lowest BCUT2D eigenvalue weighted by Crippen LogP contribution is -2.09. The maximum atomic E-state index is 3.57. The lowest BCUT2D eigenvalue weighted by Gasteiger charge is -2.17. The Balaban J connectivity index is 2.96. The molecule has 1 aromatic carbocycles. The van der Waals surface area contributed by atoms with Crippen molar-refractivity contribution >= 4 is 63.7 Å². The second kappa shape index (κ2) is 4.58. The van der Waals surface area contributed by atoms with Crippen LogP contribution < -0.4 is 0 Å². The van der Waals surface area contributed by atoms with Crippen molar-refractivity contribution in [2.45, 2.75) is 3.23 Å². The van der Waals surface area contributed by atoms with Crippen LogP contribution in [0.25, 0.3) is 0 Å². The normalized spacial score (nSPS) is 11.7. The Morgan fingerprint density at radius 3 is 2.00 bits per heavy atom. The fourth-order valence-electron chi connectivity index (χ4n) is 0.771. The molecule has 0 saturated carbocycles. The number of hydrogen-bond donors (Lipinski definition) is 0. The molecule has 4 heteroatoms. The van der Waals surface area contributed by atoms with E-state index in [-0.39, 0.29) is 3.23 Å². The highest BCUT2D eigenvalue weighted by molar-refractivity contribution is 9.25. The van der Waals surface area contributed by atoms with Crippen LogP contribution in [0.5, 0.6) is 0 Å². The minimum absolute atomic E-state index is 0.152. The quantitative estimate of drug-likeness (QED) is 0.603. The van der Waals surface area contributed by atoms with Crippen molar-refractivity contribution in [2.24, 2.45) is 0 Å². The standard InChI is InChI=1S/C8H6Br4/c9-5-8(11,12)6-1-3-7(10)4-2-6/h1-4H,5H2. The molecule has 0 nitrogen and oxygen atoms in total. The summed E-state index contributed by atoms with van der Waals surface area (Å²) in [6.45, 7) is 0. The predicted octanol–water partition coefficient (Wildman–Crippen LogP) is 4.79. The van der Waals surface area contributed by atoms with Crippen LogP contribution in [0.3, 0.4) is 0 Å². The lowest BCUT2D eigenvalue weighted by atomic mass is 10.2. The van der Waals surface area contributed by atoms with E-state index in [0.29, 0.717) is 0 Å². The first kappa shape index (κ1) is 11.2. The summed E-state index contributed by atoms with van der Waals surface area (Å²) >= 11 is 13.9. The van der Waals surface area contributed by atoms with Crippen molar-refractivity contribution in [3.63, 3.8) is 0 Å². The molecule has 0 aliphatic carbocycles. The van der Waals surface area contributed by atoms with E-state index in [1.54, 1.807) is 0 Å². The van der Waals surface area contributed by atoms with Crippen LogP contribution in [0.15, 0.2) is 28.7 Å². The van der Waals surface area contributed by atoms with Gasteiger partial charge in [-0.25, -0.2) is 0 Å². The molecule has 0 spiro atoms. The van der Waals surface area contributed by atoms with Crippen LogP contribution in [0.1, 0.15) is 5.56 Å². The van der Waals surface area contributed by atoms with E-state index < -0.39 is 0 Å². The zero-order chi connectivity index (χ0) is 9.19. The van der Waals surface area contributed by atoms with Crippen molar-refractivity contribution in [2.75, 3.05) is 5.33 Å². The Labute approximate surface area is 106 Å². The molecule has 0 aromatic heterocycles. The maximum absolute atomic E-state index is 3.57. The van der Waals surface area contributed by atoms with Crippen LogP contribution in [-0.2, 0) is 3.23 Å². The Bertz CT molecular complexity index is 252. The van der Waals surface area contributed by atoms with Crippen molar-refractivity contribution in [1.82, 2.24) is 0 Å². The van der Waals surface area contributed by atoms with Gasteiger partial charge in [0.2, 0.25) is 0 Å². The van der Waals surface area contributed by atoms with Gasteiger partial charge >= 0.3 is 0 Å². The van der Waals surface area contributed by atoms with E-state index in [9.17, 15) is 0 Å². The zero-order valence-corrected chi connectivity index (χ0v) is 12.4. The molecule has 1 aromatic rings. The van der Waals surface area contributed by atoms with Gasteiger partial charge in [-0.05, 0) is 17.7 Å². The minimum Gasteiger partial charge on any atom is -0.0900 e. The third kappa shape index (κ3) is 2.82. The van der Waals surface area contributed by atoms with E-state index in [4.69, 9.17) is 0 Å². The van der Waals surface area contributed by atoms with E-state index in [1.807, 2.05) is 12.1 Å². The van der Waals surface area contributed by atoms with Crippen LogP contribution in [0.4, 0.5) is 0 Å². The average molecular weight is 422 g/mol. The summed E-state index contributed by atoms with van der Waals surface area (Å²) in [5.74, 6) is 0. The first-order valence-corrected chi connectivity index (χ1v) is 6.76. The number of halogens is 4. The van der Waals surface area contributed by atoms with Gasteiger partial charge in [-0.1, -0.05) is 75.9 Å². The number of benzene rings is 1. The number of hydrogen-bond acceptors (Lipinski definition) is 0. The molecule has 66 valence electrons. The second-order valence-electron chi connectivity index (χ2n) is 2.34. The Hall–Kier alpha value is 1.14. The monoisotopic (exact) mass is 418 g/mol. The highest BCUT2D eigenvalue weighted by atomic mass is 79.9. The molecule has 0 amide bonds. The fourth-order valence-corrected chi connectivity index (χ4v) is 1.89. The predicted molar refractivity (Wildman–Crippen MR) is 67.5 cm³/mol. The molecule has 1 rings (SSSR count). The molecule has 0 fully saturated rings. The molecular weight excluding hydrogens is 416 g/mol. The molecule has 12 heavy (non-hydrogen) atoms. The summed E-state index contributed by atoms with van der Waals surface area (Å²) in [5, 5.41) is 0.821. The van der Waals surface area contributed by atoms with Gasteiger partial charge in [-0.2, -0.15) is 0 Å². The number of rotatable bonds is 2. The molecule has 0 bridgehead atoms. The molecule has 0 N–H and O–H groups in total. The maximum Gasteiger partial charge on any atom is 0.115 e. The van der Waals surface area contributed by atoms with E-state index in [1.165, 1.54) is 5.56 Å². The Kier molecular flexibility index (Phi) is 4.28.